The second-order valence-electron chi connectivity index (χ2n) is 5.67. The van der Waals surface area contributed by atoms with Crippen molar-refractivity contribution in [1.82, 2.24) is 10.2 Å². The maximum atomic E-state index is 11.9. The van der Waals surface area contributed by atoms with Crippen molar-refractivity contribution in [2.75, 3.05) is 6.61 Å². The van der Waals surface area contributed by atoms with Gasteiger partial charge >= 0.3 is 5.97 Å². The minimum absolute atomic E-state index is 0.0759. The predicted octanol–water partition coefficient (Wildman–Crippen LogP) is 3.81. The summed E-state index contributed by atoms with van der Waals surface area (Å²) in [6.45, 7) is 2.62. The summed E-state index contributed by atoms with van der Waals surface area (Å²) in [4.78, 5) is 11.9. The Morgan fingerprint density at radius 3 is 2.04 bits per heavy atom. The quantitative estimate of drug-likeness (QED) is 0.566. The monoisotopic (exact) mass is 364 g/mol. The normalized spacial score (nSPS) is 10.3. The number of nitrogens with zero attached hydrogens (tertiary/aromatic N) is 2. The zero-order chi connectivity index (χ0) is 18.9. The van der Waals surface area contributed by atoms with Gasteiger partial charge in [0.1, 0.15) is 13.2 Å². The average Bonchev–Trinajstić information content (AvgIpc) is 2.72. The van der Waals surface area contributed by atoms with E-state index in [9.17, 15) is 4.79 Å². The van der Waals surface area contributed by atoms with Crippen molar-refractivity contribution in [2.45, 2.75) is 20.1 Å². The first-order valence-corrected chi connectivity index (χ1v) is 8.64. The van der Waals surface area contributed by atoms with Gasteiger partial charge in [0.05, 0.1) is 6.61 Å². The lowest BCUT2D eigenvalue weighted by Crippen LogP contribution is -2.10. The number of hydrogen-bond donors (Lipinski definition) is 0. The van der Waals surface area contributed by atoms with E-state index in [4.69, 9.17) is 14.2 Å². The molecule has 0 saturated carbocycles. The molecular weight excluding hydrogens is 344 g/mol. The summed E-state index contributed by atoms with van der Waals surface area (Å²) >= 11 is 0. The molecule has 1 aromatic heterocycles. The predicted molar refractivity (Wildman–Crippen MR) is 99.5 cm³/mol. The highest BCUT2D eigenvalue weighted by Crippen LogP contribution is 2.26. The summed E-state index contributed by atoms with van der Waals surface area (Å²) in [5.74, 6) is 0.0137. The smallest absolute Gasteiger partial charge is 0.358 e. The van der Waals surface area contributed by atoms with Gasteiger partial charge in [-0.3, -0.25) is 0 Å². The Hall–Kier alpha value is -3.41. The van der Waals surface area contributed by atoms with Crippen LogP contribution in [0, 0.1) is 0 Å². The number of carbonyl (C=O) groups is 1. The topological polar surface area (TPSA) is 70.5 Å². The molecule has 0 saturated heterocycles. The first kappa shape index (κ1) is 18.4. The third kappa shape index (κ3) is 5.28. The lowest BCUT2D eigenvalue weighted by atomic mass is 10.2. The Morgan fingerprint density at radius 2 is 1.44 bits per heavy atom. The summed E-state index contributed by atoms with van der Waals surface area (Å²) in [5, 5.41) is 7.91. The Kier molecular flexibility index (Phi) is 6.35. The maximum Gasteiger partial charge on any atom is 0.358 e. The Bertz CT molecular complexity index is 870. The molecule has 27 heavy (non-hydrogen) atoms. The number of carbonyl (C=O) groups excluding carboxylic acids is 1. The number of hydrogen-bond acceptors (Lipinski definition) is 6. The van der Waals surface area contributed by atoms with E-state index in [1.807, 2.05) is 60.7 Å². The van der Waals surface area contributed by atoms with Gasteiger partial charge in [-0.1, -0.05) is 60.7 Å². The fraction of sp³-hybridized carbons (Fsp3) is 0.190. The molecule has 0 spiro atoms. The highest BCUT2D eigenvalue weighted by Gasteiger charge is 2.16. The molecule has 3 rings (SSSR count). The number of ether oxygens (including phenoxy) is 3. The Morgan fingerprint density at radius 1 is 0.852 bits per heavy atom. The van der Waals surface area contributed by atoms with Crippen molar-refractivity contribution in [2.24, 2.45) is 0 Å². The zero-order valence-electron chi connectivity index (χ0n) is 15.0. The number of aromatic nitrogens is 2. The van der Waals surface area contributed by atoms with Gasteiger partial charge in [-0.15, -0.1) is 10.2 Å². The van der Waals surface area contributed by atoms with E-state index in [-0.39, 0.29) is 18.2 Å². The molecular formula is C21H20N2O4. The third-order valence-electron chi connectivity index (χ3n) is 3.67. The summed E-state index contributed by atoms with van der Waals surface area (Å²) < 4.78 is 16.6. The fourth-order valence-corrected chi connectivity index (χ4v) is 2.33. The summed E-state index contributed by atoms with van der Waals surface area (Å²) in [5.41, 5.74) is 2.05. The minimum Gasteiger partial charge on any atom is -0.483 e. The molecule has 2 aromatic carbocycles. The van der Waals surface area contributed by atoms with Gasteiger partial charge in [0.2, 0.25) is 0 Å². The van der Waals surface area contributed by atoms with Crippen LogP contribution < -0.4 is 9.47 Å². The molecule has 0 aliphatic carbocycles. The van der Waals surface area contributed by atoms with Gasteiger partial charge in [0, 0.05) is 6.07 Å². The molecule has 6 heteroatoms. The molecule has 0 unspecified atom stereocenters. The molecule has 0 amide bonds. The molecule has 0 N–H and O–H groups in total. The Balaban J connectivity index is 1.78. The SMILES string of the molecule is CCOC(=O)c1cc(OCc2ccccc2)c(OCc2ccccc2)nn1. The van der Waals surface area contributed by atoms with E-state index in [0.717, 1.165) is 11.1 Å². The van der Waals surface area contributed by atoms with Crippen LogP contribution in [0.2, 0.25) is 0 Å². The second kappa shape index (κ2) is 9.33. The van der Waals surface area contributed by atoms with E-state index < -0.39 is 5.97 Å². The van der Waals surface area contributed by atoms with Crippen molar-refractivity contribution >= 4 is 5.97 Å². The van der Waals surface area contributed by atoms with Crippen LogP contribution in [0.4, 0.5) is 0 Å². The lowest BCUT2D eigenvalue weighted by molar-refractivity contribution is 0.0517. The molecule has 0 aliphatic rings. The number of benzene rings is 2. The summed E-state index contributed by atoms with van der Waals surface area (Å²) in [6, 6.07) is 20.9. The second-order valence-corrected chi connectivity index (χ2v) is 5.67. The van der Waals surface area contributed by atoms with Crippen LogP contribution in [0.5, 0.6) is 11.6 Å². The highest BCUT2D eigenvalue weighted by molar-refractivity contribution is 5.87. The van der Waals surface area contributed by atoms with Gasteiger partial charge in [0.25, 0.3) is 5.88 Å². The first-order chi connectivity index (χ1) is 13.3. The zero-order valence-corrected chi connectivity index (χ0v) is 15.0. The lowest BCUT2D eigenvalue weighted by Gasteiger charge is -2.12. The van der Waals surface area contributed by atoms with Crippen LogP contribution in [-0.2, 0) is 18.0 Å². The molecule has 1 heterocycles. The van der Waals surface area contributed by atoms with Gasteiger partial charge in [-0.05, 0) is 18.1 Å². The number of esters is 1. The van der Waals surface area contributed by atoms with E-state index >= 15 is 0 Å². The maximum absolute atomic E-state index is 11.9. The molecule has 6 nitrogen and oxygen atoms in total. The van der Waals surface area contributed by atoms with Crippen molar-refractivity contribution in [3.8, 4) is 11.6 Å². The Labute approximate surface area is 157 Å². The highest BCUT2D eigenvalue weighted by atomic mass is 16.5. The van der Waals surface area contributed by atoms with Crippen LogP contribution in [0.25, 0.3) is 0 Å². The third-order valence-corrected chi connectivity index (χ3v) is 3.67. The van der Waals surface area contributed by atoms with E-state index in [2.05, 4.69) is 10.2 Å². The summed E-state index contributed by atoms with van der Waals surface area (Å²) in [6.07, 6.45) is 0. The molecule has 0 bridgehead atoms. The average molecular weight is 364 g/mol. The first-order valence-electron chi connectivity index (χ1n) is 8.64. The largest absolute Gasteiger partial charge is 0.483 e. The van der Waals surface area contributed by atoms with Crippen molar-refractivity contribution in [3.05, 3.63) is 83.6 Å². The molecule has 0 fully saturated rings. The standard InChI is InChI=1S/C21H20N2O4/c1-2-25-21(24)18-13-19(26-14-16-9-5-3-6-10-16)20(23-22-18)27-15-17-11-7-4-8-12-17/h3-13H,2,14-15H2,1H3. The van der Waals surface area contributed by atoms with Crippen molar-refractivity contribution in [1.29, 1.82) is 0 Å². The number of rotatable bonds is 8. The van der Waals surface area contributed by atoms with Gasteiger partial charge in [-0.25, -0.2) is 4.79 Å². The minimum atomic E-state index is -0.552. The van der Waals surface area contributed by atoms with Crippen LogP contribution >= 0.6 is 0 Å². The van der Waals surface area contributed by atoms with E-state index in [1.54, 1.807) is 6.92 Å². The molecule has 0 radical (unpaired) electrons. The fourth-order valence-electron chi connectivity index (χ4n) is 2.33. The van der Waals surface area contributed by atoms with Crippen LogP contribution in [-0.4, -0.2) is 22.8 Å². The molecule has 3 aromatic rings. The van der Waals surface area contributed by atoms with E-state index in [0.29, 0.717) is 19.0 Å². The molecule has 138 valence electrons. The summed E-state index contributed by atoms with van der Waals surface area (Å²) in [7, 11) is 0. The van der Waals surface area contributed by atoms with Gasteiger partial charge < -0.3 is 14.2 Å². The van der Waals surface area contributed by atoms with E-state index in [1.165, 1.54) is 6.07 Å². The molecule has 0 aliphatic heterocycles. The van der Waals surface area contributed by atoms with Crippen molar-refractivity contribution < 1.29 is 19.0 Å². The van der Waals surface area contributed by atoms with Crippen molar-refractivity contribution in [3.63, 3.8) is 0 Å². The van der Waals surface area contributed by atoms with Gasteiger partial charge in [-0.2, -0.15) is 0 Å². The molecule has 0 atom stereocenters. The van der Waals surface area contributed by atoms with Crippen LogP contribution in [0.3, 0.4) is 0 Å². The van der Waals surface area contributed by atoms with Gasteiger partial charge in [0.15, 0.2) is 11.4 Å². The van der Waals surface area contributed by atoms with Crippen LogP contribution in [0.1, 0.15) is 28.5 Å². The van der Waals surface area contributed by atoms with Crippen LogP contribution in [0.15, 0.2) is 66.7 Å².